The molecule has 2 N–H and O–H groups in total. The average molecular weight is 373 g/mol. The summed E-state index contributed by atoms with van der Waals surface area (Å²) in [7, 11) is 3.19. The predicted molar refractivity (Wildman–Crippen MR) is 101 cm³/mol. The number of aryl methyl sites for hydroxylation is 2. The van der Waals surface area contributed by atoms with Crippen molar-refractivity contribution in [3.05, 3.63) is 41.2 Å². The highest BCUT2D eigenvalue weighted by atomic mass is 16.5. The quantitative estimate of drug-likeness (QED) is 0.772. The maximum Gasteiger partial charge on any atom is 0.223 e. The Kier molecular flexibility index (Phi) is 6.01. The summed E-state index contributed by atoms with van der Waals surface area (Å²) in [5.41, 5.74) is 2.95. The van der Waals surface area contributed by atoms with Gasteiger partial charge in [-0.25, -0.2) is 0 Å². The molecule has 1 saturated heterocycles. The van der Waals surface area contributed by atoms with E-state index in [9.17, 15) is 9.90 Å². The summed E-state index contributed by atoms with van der Waals surface area (Å²) in [4.78, 5) is 14.3. The van der Waals surface area contributed by atoms with Gasteiger partial charge in [0.15, 0.2) is 11.5 Å². The molecule has 0 aliphatic carbocycles. The fourth-order valence-electron chi connectivity index (χ4n) is 3.55. The van der Waals surface area contributed by atoms with Crippen molar-refractivity contribution in [3.8, 4) is 11.5 Å². The van der Waals surface area contributed by atoms with Crippen molar-refractivity contribution in [1.82, 2.24) is 15.1 Å². The summed E-state index contributed by atoms with van der Waals surface area (Å²) in [6.45, 7) is 2.91. The van der Waals surface area contributed by atoms with Crippen molar-refractivity contribution in [3.63, 3.8) is 0 Å². The first-order chi connectivity index (χ1) is 13.0. The van der Waals surface area contributed by atoms with E-state index in [-0.39, 0.29) is 11.8 Å². The van der Waals surface area contributed by atoms with Gasteiger partial charge in [-0.3, -0.25) is 9.89 Å². The Hall–Kier alpha value is -2.54. The molecule has 27 heavy (non-hydrogen) atoms. The van der Waals surface area contributed by atoms with Crippen LogP contribution in [0.3, 0.4) is 0 Å². The molecular formula is C20H27N3O4. The van der Waals surface area contributed by atoms with Crippen LogP contribution in [0.1, 0.15) is 23.4 Å². The van der Waals surface area contributed by atoms with Gasteiger partial charge in [0.1, 0.15) is 0 Å². The molecule has 0 unspecified atom stereocenters. The van der Waals surface area contributed by atoms with E-state index in [1.807, 2.05) is 31.2 Å². The second-order valence-corrected chi connectivity index (χ2v) is 7.06. The van der Waals surface area contributed by atoms with Crippen LogP contribution < -0.4 is 9.47 Å². The minimum Gasteiger partial charge on any atom is -0.493 e. The summed E-state index contributed by atoms with van der Waals surface area (Å²) in [5.74, 6) is 1.42. The Balaban J connectivity index is 1.54. The number of ether oxygens (including phenoxy) is 2. The Morgan fingerprint density at radius 3 is 2.70 bits per heavy atom. The van der Waals surface area contributed by atoms with Crippen LogP contribution in [0.25, 0.3) is 0 Å². The lowest BCUT2D eigenvalue weighted by molar-refractivity contribution is -0.130. The zero-order chi connectivity index (χ0) is 19.4. The molecule has 0 spiro atoms. The predicted octanol–water partition coefficient (Wildman–Crippen LogP) is 1.73. The number of carbonyl (C=O) groups is 1. The van der Waals surface area contributed by atoms with Crippen LogP contribution in [-0.4, -0.2) is 59.5 Å². The Morgan fingerprint density at radius 1 is 1.26 bits per heavy atom. The van der Waals surface area contributed by atoms with E-state index in [0.29, 0.717) is 43.9 Å². The number of aliphatic hydroxyl groups is 1. The summed E-state index contributed by atoms with van der Waals surface area (Å²) >= 11 is 0. The fraction of sp³-hybridized carbons (Fsp3) is 0.500. The number of nitrogens with one attached hydrogen (secondary N) is 1. The topological polar surface area (TPSA) is 87.7 Å². The maximum absolute atomic E-state index is 12.6. The molecule has 1 aliphatic rings. The third-order valence-electron chi connectivity index (χ3n) is 5.06. The molecular weight excluding hydrogens is 346 g/mol. The lowest BCUT2D eigenvalue weighted by atomic mass is 10.0. The number of rotatable bonds is 7. The van der Waals surface area contributed by atoms with Gasteiger partial charge in [0.2, 0.25) is 5.91 Å². The van der Waals surface area contributed by atoms with Crippen LogP contribution in [0.4, 0.5) is 0 Å². The number of β-amino-alcohol motifs (C(OH)–C–C–N with tert-alkyl or cyclic N) is 1. The number of H-pyrrole nitrogens is 1. The third kappa shape index (κ3) is 4.60. The molecule has 2 aromatic rings. The molecule has 0 radical (unpaired) electrons. The van der Waals surface area contributed by atoms with E-state index in [4.69, 9.17) is 9.47 Å². The van der Waals surface area contributed by atoms with Crippen molar-refractivity contribution in [1.29, 1.82) is 0 Å². The second-order valence-electron chi connectivity index (χ2n) is 7.06. The number of hydrogen-bond donors (Lipinski definition) is 2. The number of methoxy groups -OCH3 is 2. The molecule has 0 saturated carbocycles. The van der Waals surface area contributed by atoms with E-state index < -0.39 is 6.10 Å². The van der Waals surface area contributed by atoms with E-state index >= 15 is 0 Å². The van der Waals surface area contributed by atoms with E-state index in [2.05, 4.69) is 10.2 Å². The van der Waals surface area contributed by atoms with Crippen LogP contribution in [0.15, 0.2) is 24.3 Å². The van der Waals surface area contributed by atoms with Gasteiger partial charge in [-0.2, -0.15) is 5.10 Å². The first kappa shape index (κ1) is 19.2. The van der Waals surface area contributed by atoms with E-state index in [0.717, 1.165) is 17.0 Å². The number of amides is 1. The minimum atomic E-state index is -0.507. The summed E-state index contributed by atoms with van der Waals surface area (Å²) in [6.07, 6.45) is 1.18. The lowest BCUT2D eigenvalue weighted by Gasteiger charge is -2.16. The van der Waals surface area contributed by atoms with Crippen molar-refractivity contribution >= 4 is 5.91 Å². The van der Waals surface area contributed by atoms with E-state index in [1.165, 1.54) is 0 Å². The molecule has 0 bridgehead atoms. The van der Waals surface area contributed by atoms with Crippen molar-refractivity contribution in [2.45, 2.75) is 32.3 Å². The van der Waals surface area contributed by atoms with Crippen molar-refractivity contribution in [2.24, 2.45) is 5.92 Å². The zero-order valence-electron chi connectivity index (χ0n) is 16.1. The van der Waals surface area contributed by atoms with Gasteiger partial charge in [-0.05, 0) is 43.5 Å². The molecule has 146 valence electrons. The average Bonchev–Trinajstić information content (AvgIpc) is 3.25. The Labute approximate surface area is 159 Å². The van der Waals surface area contributed by atoms with Crippen LogP contribution in [-0.2, 0) is 17.6 Å². The molecule has 2 atom stereocenters. The van der Waals surface area contributed by atoms with Crippen molar-refractivity contribution < 1.29 is 19.4 Å². The largest absolute Gasteiger partial charge is 0.493 e. The number of carbonyl (C=O) groups excluding carboxylic acids is 1. The number of hydrogen-bond acceptors (Lipinski definition) is 5. The van der Waals surface area contributed by atoms with Crippen LogP contribution in [0.5, 0.6) is 11.5 Å². The van der Waals surface area contributed by atoms with Crippen LogP contribution in [0, 0.1) is 12.8 Å². The first-order valence-corrected chi connectivity index (χ1v) is 9.17. The molecule has 7 nitrogen and oxygen atoms in total. The number of aromatic amines is 1. The number of aromatic nitrogens is 2. The minimum absolute atomic E-state index is 0.0257. The number of likely N-dealkylation sites (tertiary alicyclic amines) is 1. The van der Waals surface area contributed by atoms with Gasteiger partial charge >= 0.3 is 0 Å². The number of aliphatic hydroxyl groups excluding tert-OH is 1. The van der Waals surface area contributed by atoms with Gasteiger partial charge < -0.3 is 19.5 Å². The van der Waals surface area contributed by atoms with Gasteiger partial charge in [0.05, 0.1) is 26.0 Å². The molecule has 1 aromatic heterocycles. The van der Waals surface area contributed by atoms with Crippen LogP contribution in [0.2, 0.25) is 0 Å². The molecule has 3 rings (SSSR count). The number of benzene rings is 1. The molecule has 1 fully saturated rings. The SMILES string of the molecule is COc1ccc(CCC(=O)N2C[C@@H](Cc3cc(C)[nH]n3)[C@H](O)C2)cc1OC. The monoisotopic (exact) mass is 373 g/mol. The highest BCUT2D eigenvalue weighted by Crippen LogP contribution is 2.28. The summed E-state index contributed by atoms with van der Waals surface area (Å²) in [6, 6.07) is 7.66. The standard InChI is InChI=1S/C20H27N3O4/c1-13-8-16(22-21-13)10-15-11-23(12-17(15)24)20(25)7-5-14-4-6-18(26-2)19(9-14)27-3/h4,6,8-9,15,17,24H,5,7,10-12H2,1-3H3,(H,21,22)/t15-,17-/m1/s1. The number of nitrogens with zero attached hydrogens (tertiary/aromatic N) is 2. The fourth-order valence-corrected chi connectivity index (χ4v) is 3.55. The van der Waals surface area contributed by atoms with Crippen molar-refractivity contribution in [2.75, 3.05) is 27.3 Å². The molecule has 1 aliphatic heterocycles. The second kappa shape index (κ2) is 8.43. The lowest BCUT2D eigenvalue weighted by Crippen LogP contribution is -2.29. The molecule has 1 amide bonds. The van der Waals surface area contributed by atoms with Gasteiger partial charge in [0, 0.05) is 31.1 Å². The van der Waals surface area contributed by atoms with Gasteiger partial charge in [0.25, 0.3) is 0 Å². The van der Waals surface area contributed by atoms with Gasteiger partial charge in [-0.15, -0.1) is 0 Å². The van der Waals surface area contributed by atoms with E-state index in [1.54, 1.807) is 19.1 Å². The molecule has 1 aromatic carbocycles. The summed E-state index contributed by atoms with van der Waals surface area (Å²) in [5, 5.41) is 17.5. The first-order valence-electron chi connectivity index (χ1n) is 9.17. The summed E-state index contributed by atoms with van der Waals surface area (Å²) < 4.78 is 10.5. The maximum atomic E-state index is 12.6. The normalized spacial score (nSPS) is 19.3. The highest BCUT2D eigenvalue weighted by molar-refractivity contribution is 5.77. The molecule has 2 heterocycles. The van der Waals surface area contributed by atoms with Crippen LogP contribution >= 0.6 is 0 Å². The Morgan fingerprint density at radius 2 is 2.04 bits per heavy atom. The zero-order valence-corrected chi connectivity index (χ0v) is 16.1. The smallest absolute Gasteiger partial charge is 0.223 e. The third-order valence-corrected chi connectivity index (χ3v) is 5.06. The van der Waals surface area contributed by atoms with Gasteiger partial charge in [-0.1, -0.05) is 6.07 Å². The highest BCUT2D eigenvalue weighted by Gasteiger charge is 2.34. The molecule has 7 heteroatoms. The Bertz CT molecular complexity index is 789.